The van der Waals surface area contributed by atoms with E-state index in [0.717, 1.165) is 19.4 Å². The normalized spacial score (nSPS) is 32.3. The monoisotopic (exact) mass is 187 g/mol. The Hall–Kier alpha value is -0.120. The van der Waals surface area contributed by atoms with E-state index < -0.39 is 0 Å². The van der Waals surface area contributed by atoms with Crippen molar-refractivity contribution in [1.29, 1.82) is 0 Å². The van der Waals surface area contributed by atoms with Crippen LogP contribution in [0.5, 0.6) is 0 Å². The van der Waals surface area contributed by atoms with Crippen molar-refractivity contribution < 1.29 is 9.84 Å². The predicted molar refractivity (Wildman–Crippen MR) is 52.7 cm³/mol. The summed E-state index contributed by atoms with van der Waals surface area (Å²) < 4.78 is 5.45. The van der Waals surface area contributed by atoms with Crippen molar-refractivity contribution in [3.63, 3.8) is 0 Å². The molecule has 0 radical (unpaired) electrons. The van der Waals surface area contributed by atoms with Gasteiger partial charge in [0.05, 0.1) is 12.2 Å². The van der Waals surface area contributed by atoms with E-state index in [9.17, 15) is 5.11 Å². The highest BCUT2D eigenvalue weighted by molar-refractivity contribution is 4.88. The lowest BCUT2D eigenvalue weighted by molar-refractivity contribution is -0.0160. The SMILES string of the molecule is CCOC1CC(NC(C)C(C)O)C1. The third kappa shape index (κ3) is 3.25. The fourth-order valence-electron chi connectivity index (χ4n) is 1.58. The van der Waals surface area contributed by atoms with Crippen LogP contribution in [0.25, 0.3) is 0 Å². The molecule has 1 rings (SSSR count). The van der Waals surface area contributed by atoms with Crippen LogP contribution in [0.4, 0.5) is 0 Å². The van der Waals surface area contributed by atoms with Gasteiger partial charge in [0, 0.05) is 18.7 Å². The van der Waals surface area contributed by atoms with E-state index in [4.69, 9.17) is 4.74 Å². The zero-order chi connectivity index (χ0) is 9.84. The predicted octanol–water partition coefficient (Wildman–Crippen LogP) is 0.913. The highest BCUT2D eigenvalue weighted by Gasteiger charge is 2.30. The minimum absolute atomic E-state index is 0.188. The molecule has 0 bridgehead atoms. The number of aliphatic hydroxyl groups is 1. The Morgan fingerprint density at radius 3 is 2.54 bits per heavy atom. The standard InChI is InChI=1S/C10H21NO2/c1-4-13-10-5-9(6-10)11-7(2)8(3)12/h7-12H,4-6H2,1-3H3. The Bertz CT molecular complexity index is 144. The van der Waals surface area contributed by atoms with Crippen molar-refractivity contribution in [2.45, 2.75) is 57.9 Å². The van der Waals surface area contributed by atoms with Crippen molar-refractivity contribution >= 4 is 0 Å². The van der Waals surface area contributed by atoms with Crippen LogP contribution >= 0.6 is 0 Å². The Kier molecular flexibility index (Phi) is 4.16. The third-order valence-electron chi connectivity index (χ3n) is 2.72. The van der Waals surface area contributed by atoms with Crippen molar-refractivity contribution in [1.82, 2.24) is 5.32 Å². The zero-order valence-corrected chi connectivity index (χ0v) is 8.79. The number of nitrogens with one attached hydrogen (secondary N) is 1. The summed E-state index contributed by atoms with van der Waals surface area (Å²) in [5.74, 6) is 0. The molecule has 0 aromatic rings. The molecule has 1 saturated carbocycles. The second-order valence-electron chi connectivity index (χ2n) is 3.94. The maximum Gasteiger partial charge on any atom is 0.0662 e. The second-order valence-corrected chi connectivity index (χ2v) is 3.94. The van der Waals surface area contributed by atoms with Crippen LogP contribution in [-0.2, 0) is 4.74 Å². The van der Waals surface area contributed by atoms with Gasteiger partial charge in [-0.25, -0.2) is 0 Å². The van der Waals surface area contributed by atoms with E-state index >= 15 is 0 Å². The molecule has 3 nitrogen and oxygen atoms in total. The van der Waals surface area contributed by atoms with Gasteiger partial charge in [0.2, 0.25) is 0 Å². The first-order chi connectivity index (χ1) is 6.13. The van der Waals surface area contributed by atoms with Gasteiger partial charge in [-0.15, -0.1) is 0 Å². The molecule has 2 unspecified atom stereocenters. The lowest BCUT2D eigenvalue weighted by Crippen LogP contribution is -2.51. The Balaban J connectivity index is 2.07. The minimum Gasteiger partial charge on any atom is -0.392 e. The van der Waals surface area contributed by atoms with E-state index in [1.807, 2.05) is 20.8 Å². The summed E-state index contributed by atoms with van der Waals surface area (Å²) in [4.78, 5) is 0. The summed E-state index contributed by atoms with van der Waals surface area (Å²) in [6.45, 7) is 6.66. The number of aliphatic hydroxyl groups excluding tert-OH is 1. The zero-order valence-electron chi connectivity index (χ0n) is 8.79. The molecule has 0 spiro atoms. The van der Waals surface area contributed by atoms with Gasteiger partial charge in [0.1, 0.15) is 0 Å². The molecule has 0 aromatic carbocycles. The first-order valence-corrected chi connectivity index (χ1v) is 5.19. The highest BCUT2D eigenvalue weighted by atomic mass is 16.5. The molecule has 13 heavy (non-hydrogen) atoms. The third-order valence-corrected chi connectivity index (χ3v) is 2.72. The van der Waals surface area contributed by atoms with Crippen molar-refractivity contribution in [2.24, 2.45) is 0 Å². The first-order valence-electron chi connectivity index (χ1n) is 5.19. The molecule has 78 valence electrons. The van der Waals surface area contributed by atoms with Gasteiger partial charge in [-0.2, -0.15) is 0 Å². The topological polar surface area (TPSA) is 41.5 Å². The van der Waals surface area contributed by atoms with Gasteiger partial charge >= 0.3 is 0 Å². The molecular formula is C10H21NO2. The van der Waals surface area contributed by atoms with Crippen LogP contribution in [0.3, 0.4) is 0 Å². The average molecular weight is 187 g/mol. The Labute approximate surface area is 80.5 Å². The summed E-state index contributed by atoms with van der Waals surface area (Å²) in [5, 5.41) is 12.6. The van der Waals surface area contributed by atoms with E-state index in [0.29, 0.717) is 12.1 Å². The van der Waals surface area contributed by atoms with Gasteiger partial charge in [0.25, 0.3) is 0 Å². The molecule has 0 aliphatic heterocycles. The van der Waals surface area contributed by atoms with Crippen LogP contribution in [-0.4, -0.2) is 36.0 Å². The number of ether oxygens (including phenoxy) is 1. The van der Waals surface area contributed by atoms with Gasteiger partial charge in [0.15, 0.2) is 0 Å². The lowest BCUT2D eigenvalue weighted by Gasteiger charge is -2.37. The van der Waals surface area contributed by atoms with Gasteiger partial charge in [-0.05, 0) is 33.6 Å². The quantitative estimate of drug-likeness (QED) is 0.672. The van der Waals surface area contributed by atoms with Gasteiger partial charge < -0.3 is 15.2 Å². The van der Waals surface area contributed by atoms with E-state index in [1.165, 1.54) is 0 Å². The van der Waals surface area contributed by atoms with Crippen LogP contribution in [0, 0.1) is 0 Å². The maximum atomic E-state index is 9.26. The molecule has 1 fully saturated rings. The van der Waals surface area contributed by atoms with Crippen LogP contribution < -0.4 is 5.32 Å². The Morgan fingerprint density at radius 2 is 2.08 bits per heavy atom. The van der Waals surface area contributed by atoms with Crippen LogP contribution in [0.15, 0.2) is 0 Å². The summed E-state index contributed by atoms with van der Waals surface area (Å²) in [6, 6.07) is 0.730. The van der Waals surface area contributed by atoms with Gasteiger partial charge in [-0.3, -0.25) is 0 Å². The molecule has 0 saturated heterocycles. The molecule has 1 aliphatic carbocycles. The lowest BCUT2D eigenvalue weighted by atomic mass is 9.88. The smallest absolute Gasteiger partial charge is 0.0662 e. The van der Waals surface area contributed by atoms with E-state index in [-0.39, 0.29) is 12.1 Å². The van der Waals surface area contributed by atoms with Crippen LogP contribution in [0.2, 0.25) is 0 Å². The highest BCUT2D eigenvalue weighted by Crippen LogP contribution is 2.23. The summed E-state index contributed by atoms with van der Waals surface area (Å²) in [7, 11) is 0. The number of hydrogen-bond donors (Lipinski definition) is 2. The van der Waals surface area contributed by atoms with Crippen LogP contribution in [0.1, 0.15) is 33.6 Å². The number of hydrogen-bond acceptors (Lipinski definition) is 3. The summed E-state index contributed by atoms with van der Waals surface area (Å²) in [6.07, 6.45) is 2.35. The van der Waals surface area contributed by atoms with E-state index in [1.54, 1.807) is 0 Å². The molecular weight excluding hydrogens is 166 g/mol. The van der Waals surface area contributed by atoms with Gasteiger partial charge in [-0.1, -0.05) is 0 Å². The van der Waals surface area contributed by atoms with Crippen molar-refractivity contribution in [3.8, 4) is 0 Å². The average Bonchev–Trinajstić information content (AvgIpc) is 2.00. The fourth-order valence-corrected chi connectivity index (χ4v) is 1.58. The minimum atomic E-state index is -0.272. The fraction of sp³-hybridized carbons (Fsp3) is 1.00. The number of rotatable bonds is 5. The molecule has 0 heterocycles. The molecule has 0 amide bonds. The largest absolute Gasteiger partial charge is 0.392 e. The molecule has 2 N–H and O–H groups in total. The van der Waals surface area contributed by atoms with Crippen molar-refractivity contribution in [2.75, 3.05) is 6.61 Å². The first kappa shape index (κ1) is 11.0. The molecule has 2 atom stereocenters. The second kappa shape index (κ2) is 4.94. The summed E-state index contributed by atoms with van der Waals surface area (Å²) >= 11 is 0. The maximum absolute atomic E-state index is 9.26. The summed E-state index contributed by atoms with van der Waals surface area (Å²) in [5.41, 5.74) is 0. The molecule has 0 aromatic heterocycles. The molecule has 3 heteroatoms. The van der Waals surface area contributed by atoms with Crippen molar-refractivity contribution in [3.05, 3.63) is 0 Å². The Morgan fingerprint density at radius 1 is 1.46 bits per heavy atom. The molecule has 1 aliphatic rings. The van der Waals surface area contributed by atoms with E-state index in [2.05, 4.69) is 5.32 Å².